The first-order valence-corrected chi connectivity index (χ1v) is 8.57. The molecule has 0 aliphatic heterocycles. The zero-order valence-corrected chi connectivity index (χ0v) is 12.2. The van der Waals surface area contributed by atoms with Gasteiger partial charge in [-0.05, 0) is 51.2 Å². The molecule has 17 heavy (non-hydrogen) atoms. The van der Waals surface area contributed by atoms with Crippen LogP contribution in [0.2, 0.25) is 0 Å². The molecule has 2 unspecified atom stereocenters. The van der Waals surface area contributed by atoms with Gasteiger partial charge in [0, 0.05) is 18.1 Å². The fraction of sp³-hybridized carbons (Fsp3) is 1.00. The van der Waals surface area contributed by atoms with Gasteiger partial charge in [-0.2, -0.15) is 11.8 Å². The third kappa shape index (κ3) is 2.82. The van der Waals surface area contributed by atoms with E-state index in [-0.39, 0.29) is 0 Å². The normalized spacial score (nSPS) is 30.7. The predicted octanol–water partition coefficient (Wildman–Crippen LogP) is 3.07. The zero-order chi connectivity index (χ0) is 12.1. The number of nitrogens with one attached hydrogen (secondary N) is 1. The summed E-state index contributed by atoms with van der Waals surface area (Å²) < 4.78 is 5.93. The lowest BCUT2D eigenvalue weighted by Gasteiger charge is -2.54. The molecule has 0 amide bonds. The minimum Gasteiger partial charge on any atom is -0.378 e. The van der Waals surface area contributed by atoms with Gasteiger partial charge in [0.2, 0.25) is 0 Å². The van der Waals surface area contributed by atoms with Crippen LogP contribution in [0.5, 0.6) is 0 Å². The van der Waals surface area contributed by atoms with E-state index in [1.165, 1.54) is 50.8 Å². The summed E-state index contributed by atoms with van der Waals surface area (Å²) in [5.41, 5.74) is 0.509. The maximum absolute atomic E-state index is 5.93. The summed E-state index contributed by atoms with van der Waals surface area (Å²) in [6.45, 7) is 4.19. The Hall–Kier alpha value is 0.270. The minimum absolute atomic E-state index is 0.509. The van der Waals surface area contributed by atoms with Gasteiger partial charge in [-0.25, -0.2) is 0 Å². The van der Waals surface area contributed by atoms with E-state index in [0.29, 0.717) is 11.5 Å². The van der Waals surface area contributed by atoms with Gasteiger partial charge < -0.3 is 10.1 Å². The molecule has 2 aliphatic carbocycles. The van der Waals surface area contributed by atoms with Gasteiger partial charge in [0.1, 0.15) is 0 Å². The van der Waals surface area contributed by atoms with Crippen LogP contribution in [0.3, 0.4) is 0 Å². The predicted molar refractivity (Wildman–Crippen MR) is 75.7 cm³/mol. The smallest absolute Gasteiger partial charge is 0.0661 e. The van der Waals surface area contributed by atoms with Gasteiger partial charge in [0.05, 0.1) is 6.10 Å². The molecular weight excluding hydrogens is 230 g/mol. The highest BCUT2D eigenvalue weighted by Gasteiger charge is 2.56. The molecule has 1 N–H and O–H groups in total. The van der Waals surface area contributed by atoms with Gasteiger partial charge in [0.15, 0.2) is 0 Å². The molecule has 0 aromatic carbocycles. The molecule has 2 nitrogen and oxygen atoms in total. The number of hydrogen-bond acceptors (Lipinski definition) is 3. The molecule has 100 valence electrons. The Morgan fingerprint density at radius 3 is 2.76 bits per heavy atom. The third-order valence-corrected chi connectivity index (χ3v) is 5.30. The second-order valence-corrected chi connectivity index (χ2v) is 6.46. The Morgan fingerprint density at radius 2 is 2.12 bits per heavy atom. The van der Waals surface area contributed by atoms with Gasteiger partial charge in [-0.15, -0.1) is 0 Å². The second-order valence-electron chi connectivity index (χ2n) is 5.47. The summed E-state index contributed by atoms with van der Waals surface area (Å²) in [6, 6.07) is 0.739. The van der Waals surface area contributed by atoms with Crippen molar-refractivity contribution < 1.29 is 4.74 Å². The molecule has 0 saturated heterocycles. The molecule has 0 radical (unpaired) electrons. The second kappa shape index (κ2) is 6.44. The van der Waals surface area contributed by atoms with Crippen LogP contribution in [0.15, 0.2) is 0 Å². The number of ether oxygens (including phenoxy) is 1. The van der Waals surface area contributed by atoms with Crippen LogP contribution in [0.4, 0.5) is 0 Å². The molecule has 0 heterocycles. The van der Waals surface area contributed by atoms with E-state index in [4.69, 9.17) is 4.74 Å². The molecule has 2 saturated carbocycles. The monoisotopic (exact) mass is 257 g/mol. The van der Waals surface area contributed by atoms with Gasteiger partial charge in [-0.3, -0.25) is 0 Å². The van der Waals surface area contributed by atoms with Crippen LogP contribution >= 0.6 is 11.8 Å². The molecule has 0 aromatic rings. The first kappa shape index (κ1) is 13.7. The van der Waals surface area contributed by atoms with Crippen molar-refractivity contribution in [3.8, 4) is 0 Å². The lowest BCUT2D eigenvalue weighted by Crippen LogP contribution is -2.62. The SMILES string of the molecule is CCOC1CC(NCCCSC)C12CCCC2. The maximum Gasteiger partial charge on any atom is 0.0661 e. The fourth-order valence-corrected chi connectivity index (χ4v) is 4.10. The molecule has 2 aliphatic rings. The molecule has 2 atom stereocenters. The Bertz CT molecular complexity index is 228. The van der Waals surface area contributed by atoms with Crippen molar-refractivity contribution >= 4 is 11.8 Å². The van der Waals surface area contributed by atoms with Crippen molar-refractivity contribution in [2.45, 2.75) is 57.6 Å². The number of thioether (sulfide) groups is 1. The molecule has 0 aromatic heterocycles. The molecule has 1 spiro atoms. The van der Waals surface area contributed by atoms with Crippen LogP contribution in [-0.4, -0.2) is 37.3 Å². The summed E-state index contributed by atoms with van der Waals surface area (Å²) in [7, 11) is 0. The Labute approximate surface area is 110 Å². The van der Waals surface area contributed by atoms with E-state index in [1.54, 1.807) is 0 Å². The Kier molecular flexibility index (Phi) is 5.19. The standard InChI is InChI=1S/C14H27NOS/c1-3-16-13-11-12(15-9-6-10-17-2)14(13)7-4-5-8-14/h12-13,15H,3-11H2,1-2H3. The molecule has 2 fully saturated rings. The molecule has 2 rings (SSSR count). The zero-order valence-electron chi connectivity index (χ0n) is 11.3. The van der Waals surface area contributed by atoms with E-state index in [9.17, 15) is 0 Å². The van der Waals surface area contributed by atoms with Crippen molar-refractivity contribution in [3.05, 3.63) is 0 Å². The van der Waals surface area contributed by atoms with E-state index in [0.717, 1.165) is 12.6 Å². The average molecular weight is 257 g/mol. The fourth-order valence-electron chi connectivity index (χ4n) is 3.67. The Morgan fingerprint density at radius 1 is 1.35 bits per heavy atom. The molecule has 3 heteroatoms. The highest BCUT2D eigenvalue weighted by Crippen LogP contribution is 2.54. The van der Waals surface area contributed by atoms with Crippen molar-refractivity contribution in [1.29, 1.82) is 0 Å². The van der Waals surface area contributed by atoms with E-state index in [1.807, 2.05) is 11.8 Å². The van der Waals surface area contributed by atoms with Gasteiger partial charge in [-0.1, -0.05) is 12.8 Å². The summed E-state index contributed by atoms with van der Waals surface area (Å²) >= 11 is 1.95. The summed E-state index contributed by atoms with van der Waals surface area (Å²) in [5, 5.41) is 3.78. The lowest BCUT2D eigenvalue weighted by atomic mass is 9.60. The first-order chi connectivity index (χ1) is 8.33. The largest absolute Gasteiger partial charge is 0.378 e. The van der Waals surface area contributed by atoms with E-state index in [2.05, 4.69) is 18.5 Å². The third-order valence-electron chi connectivity index (χ3n) is 4.60. The topological polar surface area (TPSA) is 21.3 Å². The first-order valence-electron chi connectivity index (χ1n) is 7.17. The van der Waals surface area contributed by atoms with Crippen molar-refractivity contribution in [3.63, 3.8) is 0 Å². The van der Waals surface area contributed by atoms with Crippen LogP contribution in [0.1, 0.15) is 45.4 Å². The Balaban J connectivity index is 1.79. The van der Waals surface area contributed by atoms with E-state index < -0.39 is 0 Å². The quantitative estimate of drug-likeness (QED) is 0.708. The van der Waals surface area contributed by atoms with Crippen molar-refractivity contribution in [2.75, 3.05) is 25.2 Å². The maximum atomic E-state index is 5.93. The van der Waals surface area contributed by atoms with Gasteiger partial charge in [0.25, 0.3) is 0 Å². The average Bonchev–Trinajstić information content (AvgIpc) is 2.84. The van der Waals surface area contributed by atoms with Crippen molar-refractivity contribution in [1.82, 2.24) is 5.32 Å². The summed E-state index contributed by atoms with van der Waals surface area (Å²) in [6.07, 6.45) is 10.9. The van der Waals surface area contributed by atoms with E-state index >= 15 is 0 Å². The van der Waals surface area contributed by atoms with Crippen LogP contribution < -0.4 is 5.32 Å². The molecule has 0 bridgehead atoms. The minimum atomic E-state index is 0.509. The highest BCUT2D eigenvalue weighted by molar-refractivity contribution is 7.98. The van der Waals surface area contributed by atoms with Crippen molar-refractivity contribution in [2.24, 2.45) is 5.41 Å². The van der Waals surface area contributed by atoms with Gasteiger partial charge >= 0.3 is 0 Å². The molecular formula is C14H27NOS. The number of rotatable bonds is 7. The van der Waals surface area contributed by atoms with Crippen LogP contribution in [0.25, 0.3) is 0 Å². The van der Waals surface area contributed by atoms with Crippen LogP contribution in [0, 0.1) is 5.41 Å². The lowest BCUT2D eigenvalue weighted by molar-refractivity contribution is -0.130. The number of hydrogen-bond donors (Lipinski definition) is 1. The van der Waals surface area contributed by atoms with Crippen LogP contribution in [-0.2, 0) is 4.74 Å². The highest BCUT2D eigenvalue weighted by atomic mass is 32.2. The summed E-state index contributed by atoms with van der Waals surface area (Å²) in [4.78, 5) is 0. The summed E-state index contributed by atoms with van der Waals surface area (Å²) in [5.74, 6) is 1.28.